The molecule has 1 aliphatic carbocycles. The number of thiophene rings is 1. The minimum Gasteiger partial charge on any atom is -0.206 e. The van der Waals surface area contributed by atoms with E-state index in [1.165, 1.54) is 15.6 Å². The Hall–Kier alpha value is -0.100. The summed E-state index contributed by atoms with van der Waals surface area (Å²) in [4.78, 5) is 0.891. The van der Waals surface area contributed by atoms with Gasteiger partial charge in [-0.1, -0.05) is 6.42 Å². The highest BCUT2D eigenvalue weighted by atomic mass is 35.5. The van der Waals surface area contributed by atoms with Crippen molar-refractivity contribution in [1.29, 1.82) is 0 Å². The predicted octanol–water partition coefficient (Wildman–Crippen LogP) is 2.66. The first kappa shape index (κ1) is 12.4. The molecule has 1 aliphatic rings. The molecule has 2 rings (SSSR count). The SMILES string of the molecule is CN(C1CCC1)S(=O)(=O)c1ccc(CCl)s1. The summed E-state index contributed by atoms with van der Waals surface area (Å²) in [6.07, 6.45) is 3.08. The predicted molar refractivity (Wildman–Crippen MR) is 66.5 cm³/mol. The average molecular weight is 280 g/mol. The quantitative estimate of drug-likeness (QED) is 0.795. The van der Waals surface area contributed by atoms with E-state index in [4.69, 9.17) is 11.6 Å². The summed E-state index contributed by atoms with van der Waals surface area (Å²) in [5, 5.41) is 0. The third-order valence-electron chi connectivity index (χ3n) is 2.99. The second kappa shape index (κ2) is 4.64. The van der Waals surface area contributed by atoms with Crippen LogP contribution in [0.3, 0.4) is 0 Å². The van der Waals surface area contributed by atoms with E-state index in [9.17, 15) is 8.42 Å². The van der Waals surface area contributed by atoms with Gasteiger partial charge in [0.1, 0.15) is 4.21 Å². The molecular formula is C10H14ClNO2S2. The van der Waals surface area contributed by atoms with Crippen molar-refractivity contribution in [3.8, 4) is 0 Å². The lowest BCUT2D eigenvalue weighted by Crippen LogP contribution is -2.40. The van der Waals surface area contributed by atoms with Gasteiger partial charge in [-0.2, -0.15) is 4.31 Å². The van der Waals surface area contributed by atoms with Crippen molar-refractivity contribution in [2.24, 2.45) is 0 Å². The lowest BCUT2D eigenvalue weighted by molar-refractivity contribution is 0.250. The fourth-order valence-corrected chi connectivity index (χ4v) is 4.72. The number of hydrogen-bond acceptors (Lipinski definition) is 3. The van der Waals surface area contributed by atoms with Crippen LogP contribution in [0.2, 0.25) is 0 Å². The van der Waals surface area contributed by atoms with Crippen LogP contribution < -0.4 is 0 Å². The molecule has 6 heteroatoms. The minimum absolute atomic E-state index is 0.187. The topological polar surface area (TPSA) is 37.4 Å². The Morgan fingerprint density at radius 3 is 2.62 bits per heavy atom. The van der Waals surface area contributed by atoms with Crippen LogP contribution in [0.4, 0.5) is 0 Å². The van der Waals surface area contributed by atoms with Crippen LogP contribution in [0.1, 0.15) is 24.1 Å². The molecular weight excluding hydrogens is 266 g/mol. The van der Waals surface area contributed by atoms with Gasteiger partial charge in [-0.15, -0.1) is 22.9 Å². The molecule has 1 aromatic rings. The summed E-state index contributed by atoms with van der Waals surface area (Å²) in [5.41, 5.74) is 0. The van der Waals surface area contributed by atoms with Crippen LogP contribution in [0.5, 0.6) is 0 Å². The monoisotopic (exact) mass is 279 g/mol. The molecule has 1 fully saturated rings. The van der Waals surface area contributed by atoms with Crippen LogP contribution in [0.15, 0.2) is 16.3 Å². The molecule has 0 aliphatic heterocycles. The van der Waals surface area contributed by atoms with Gasteiger partial charge in [0.2, 0.25) is 0 Å². The molecule has 0 saturated heterocycles. The fraction of sp³-hybridized carbons (Fsp3) is 0.600. The highest BCUT2D eigenvalue weighted by molar-refractivity contribution is 7.91. The van der Waals surface area contributed by atoms with E-state index in [0.29, 0.717) is 10.1 Å². The number of sulfonamides is 1. The molecule has 0 radical (unpaired) electrons. The van der Waals surface area contributed by atoms with Crippen LogP contribution in [0.25, 0.3) is 0 Å². The van der Waals surface area contributed by atoms with Gasteiger partial charge in [0.25, 0.3) is 10.0 Å². The van der Waals surface area contributed by atoms with Crippen LogP contribution in [-0.4, -0.2) is 25.8 Å². The smallest absolute Gasteiger partial charge is 0.206 e. The highest BCUT2D eigenvalue weighted by Gasteiger charge is 2.32. The third kappa shape index (κ3) is 2.14. The van der Waals surface area contributed by atoms with Crippen LogP contribution in [0, 0.1) is 0 Å². The lowest BCUT2D eigenvalue weighted by Gasteiger charge is -2.33. The summed E-state index contributed by atoms with van der Waals surface area (Å²) >= 11 is 6.93. The highest BCUT2D eigenvalue weighted by Crippen LogP contribution is 2.31. The van der Waals surface area contributed by atoms with Crippen molar-refractivity contribution in [2.45, 2.75) is 35.4 Å². The first-order chi connectivity index (χ1) is 7.55. The Morgan fingerprint density at radius 1 is 1.50 bits per heavy atom. The maximum absolute atomic E-state index is 12.2. The number of nitrogens with zero attached hydrogens (tertiary/aromatic N) is 1. The maximum Gasteiger partial charge on any atom is 0.252 e. The van der Waals surface area contributed by atoms with Gasteiger partial charge in [-0.05, 0) is 25.0 Å². The maximum atomic E-state index is 12.2. The molecule has 1 saturated carbocycles. The Balaban J connectivity index is 2.23. The zero-order valence-electron chi connectivity index (χ0n) is 9.02. The summed E-state index contributed by atoms with van der Waals surface area (Å²) < 4.78 is 26.3. The number of rotatable bonds is 4. The average Bonchev–Trinajstić information content (AvgIpc) is 2.63. The standard InChI is InChI=1S/C10H14ClNO2S2/c1-12(8-3-2-4-8)16(13,14)10-6-5-9(7-11)15-10/h5-6,8H,2-4,7H2,1H3. The van der Waals surface area contributed by atoms with E-state index in [-0.39, 0.29) is 6.04 Å². The number of halogens is 1. The Morgan fingerprint density at radius 2 is 2.19 bits per heavy atom. The molecule has 90 valence electrons. The van der Waals surface area contributed by atoms with Crippen molar-refractivity contribution in [2.75, 3.05) is 7.05 Å². The van der Waals surface area contributed by atoms with E-state index in [1.807, 2.05) is 0 Å². The van der Waals surface area contributed by atoms with Crippen molar-refractivity contribution in [3.63, 3.8) is 0 Å². The zero-order valence-corrected chi connectivity index (χ0v) is 11.4. The van der Waals surface area contributed by atoms with Gasteiger partial charge in [-0.3, -0.25) is 0 Å². The fourth-order valence-electron chi connectivity index (χ4n) is 1.66. The second-order valence-corrected chi connectivity index (χ2v) is 7.62. The van der Waals surface area contributed by atoms with Crippen molar-refractivity contribution >= 4 is 33.0 Å². The summed E-state index contributed by atoms with van der Waals surface area (Å²) in [6.45, 7) is 0. The number of alkyl halides is 1. The Labute approximate surface area is 105 Å². The first-order valence-electron chi connectivity index (χ1n) is 5.18. The van der Waals surface area contributed by atoms with Crippen molar-refractivity contribution in [1.82, 2.24) is 4.31 Å². The van der Waals surface area contributed by atoms with E-state index in [0.717, 1.165) is 24.1 Å². The van der Waals surface area contributed by atoms with Gasteiger partial charge >= 0.3 is 0 Å². The molecule has 1 heterocycles. The minimum atomic E-state index is -3.30. The van der Waals surface area contributed by atoms with Gasteiger partial charge in [0.05, 0.1) is 5.88 Å². The molecule has 16 heavy (non-hydrogen) atoms. The molecule has 0 amide bonds. The molecule has 0 aromatic carbocycles. The normalized spacial score (nSPS) is 17.7. The molecule has 0 unspecified atom stereocenters. The van der Waals surface area contributed by atoms with E-state index in [2.05, 4.69) is 0 Å². The molecule has 0 bridgehead atoms. The van der Waals surface area contributed by atoms with Gasteiger partial charge < -0.3 is 0 Å². The van der Waals surface area contributed by atoms with Crippen LogP contribution >= 0.6 is 22.9 Å². The van der Waals surface area contributed by atoms with Gasteiger partial charge in [-0.25, -0.2) is 8.42 Å². The van der Waals surface area contributed by atoms with E-state index >= 15 is 0 Å². The van der Waals surface area contributed by atoms with Crippen LogP contribution in [-0.2, 0) is 15.9 Å². The molecule has 0 atom stereocenters. The van der Waals surface area contributed by atoms with Gasteiger partial charge in [0.15, 0.2) is 0 Å². The molecule has 3 nitrogen and oxygen atoms in total. The summed E-state index contributed by atoms with van der Waals surface area (Å²) in [7, 11) is -1.63. The molecule has 1 aromatic heterocycles. The summed E-state index contributed by atoms with van der Waals surface area (Å²) in [6, 6.07) is 3.61. The van der Waals surface area contributed by atoms with E-state index < -0.39 is 10.0 Å². The summed E-state index contributed by atoms with van der Waals surface area (Å²) in [5.74, 6) is 0.368. The van der Waals surface area contributed by atoms with Crippen molar-refractivity contribution in [3.05, 3.63) is 17.0 Å². The lowest BCUT2D eigenvalue weighted by atomic mass is 9.94. The third-order valence-corrected chi connectivity index (χ3v) is 6.90. The molecule has 0 N–H and O–H groups in total. The van der Waals surface area contributed by atoms with Gasteiger partial charge in [0, 0.05) is 18.0 Å². The molecule has 0 spiro atoms. The Kier molecular flexibility index (Phi) is 3.59. The zero-order chi connectivity index (χ0) is 11.8. The largest absolute Gasteiger partial charge is 0.252 e. The Bertz CT molecular complexity index is 465. The second-order valence-electron chi connectivity index (χ2n) is 3.96. The van der Waals surface area contributed by atoms with E-state index in [1.54, 1.807) is 19.2 Å². The number of hydrogen-bond donors (Lipinski definition) is 0. The first-order valence-corrected chi connectivity index (χ1v) is 7.97. The van der Waals surface area contributed by atoms with Crippen molar-refractivity contribution < 1.29 is 8.42 Å².